The van der Waals surface area contributed by atoms with Gasteiger partial charge < -0.3 is 38.8 Å². The first-order chi connectivity index (χ1) is 29.5. The van der Waals surface area contributed by atoms with E-state index in [4.69, 9.17) is 13.9 Å². The number of aromatic amines is 1. The topological polar surface area (TPSA) is 158 Å². The summed E-state index contributed by atoms with van der Waals surface area (Å²) in [5.74, 6) is 0.636. The van der Waals surface area contributed by atoms with Crippen LogP contribution in [0, 0.1) is 18.8 Å². The number of carbonyl (C=O) groups is 4. The number of amides is 4. The molecular formula is C48H72N6O8. The van der Waals surface area contributed by atoms with E-state index < -0.39 is 18.0 Å². The number of oxazole rings is 1. The van der Waals surface area contributed by atoms with Gasteiger partial charge in [0, 0.05) is 57.4 Å². The van der Waals surface area contributed by atoms with E-state index in [-0.39, 0.29) is 37.8 Å². The van der Waals surface area contributed by atoms with Crippen LogP contribution >= 0.6 is 0 Å². The van der Waals surface area contributed by atoms with Crippen molar-refractivity contribution in [1.29, 1.82) is 0 Å². The lowest BCUT2D eigenvalue weighted by Gasteiger charge is -2.38. The standard InChI is InChI=1S/C32H39N5O6.C15H29NO2.CH4/c1-20-7-12-35(13-8-20)29(38)27(19-22-17-21(2)28-26(18-22)42-31(40)34-28)43-32(41)36-14-10-24(11-15-36)37-16-9-23-5-3-4-6-25(23)33-30(37)39;1-3-4-5-6-13-18-15(17)9-12-16-10-7-14(2)8-11-16;/h3-6,17-18,20,24,27H,7-16,19H2,1-2H3,(H,33,39)(H,34,40);14H,3-13H2,1-2H3;1H4/t27-;;/m1../s1. The van der Waals surface area contributed by atoms with Crippen molar-refractivity contribution < 1.29 is 33.1 Å². The molecule has 0 spiro atoms. The van der Waals surface area contributed by atoms with Crippen LogP contribution in [0.4, 0.5) is 15.3 Å². The molecule has 14 heteroatoms. The monoisotopic (exact) mass is 861 g/mol. The third-order valence-electron chi connectivity index (χ3n) is 12.9. The molecule has 0 radical (unpaired) electrons. The molecule has 14 nitrogen and oxygen atoms in total. The molecule has 4 amide bonds. The van der Waals surface area contributed by atoms with E-state index in [2.05, 4.69) is 36.0 Å². The number of ether oxygens (including phenoxy) is 2. The zero-order valence-electron chi connectivity index (χ0n) is 36.9. The van der Waals surface area contributed by atoms with Crippen LogP contribution in [-0.2, 0) is 31.9 Å². The Kier molecular flexibility index (Phi) is 18.3. The number of unbranched alkanes of at least 4 members (excludes halogenated alkanes) is 3. The molecule has 3 saturated heterocycles. The molecule has 0 saturated carbocycles. The zero-order valence-corrected chi connectivity index (χ0v) is 36.9. The van der Waals surface area contributed by atoms with Crippen molar-refractivity contribution in [2.75, 3.05) is 64.3 Å². The number of anilines is 1. The maximum atomic E-state index is 13.7. The molecule has 4 aliphatic heterocycles. The van der Waals surface area contributed by atoms with Crippen LogP contribution in [0.2, 0.25) is 0 Å². The quantitative estimate of drug-likeness (QED) is 0.128. The predicted octanol–water partition coefficient (Wildman–Crippen LogP) is 8.16. The number of fused-ring (bicyclic) bond motifs is 2. The van der Waals surface area contributed by atoms with Gasteiger partial charge in [0.1, 0.15) is 0 Å². The van der Waals surface area contributed by atoms with Crippen molar-refractivity contribution in [3.8, 4) is 0 Å². The minimum absolute atomic E-state index is 0. The number of nitrogens with one attached hydrogen (secondary N) is 2. The average molecular weight is 861 g/mol. The van der Waals surface area contributed by atoms with E-state index >= 15 is 0 Å². The fraction of sp³-hybridized carbons (Fsp3) is 0.646. The van der Waals surface area contributed by atoms with Gasteiger partial charge in [-0.1, -0.05) is 71.7 Å². The molecule has 3 fully saturated rings. The molecule has 342 valence electrons. The highest BCUT2D eigenvalue weighted by Crippen LogP contribution is 2.27. The van der Waals surface area contributed by atoms with Gasteiger partial charge in [0.25, 0.3) is 5.91 Å². The third kappa shape index (κ3) is 13.6. The van der Waals surface area contributed by atoms with Crippen LogP contribution in [0.1, 0.15) is 116 Å². The van der Waals surface area contributed by atoms with Crippen LogP contribution in [0.25, 0.3) is 11.1 Å². The van der Waals surface area contributed by atoms with Crippen LogP contribution in [0.15, 0.2) is 45.6 Å². The van der Waals surface area contributed by atoms with Gasteiger partial charge in [-0.25, -0.2) is 14.4 Å². The van der Waals surface area contributed by atoms with Crippen LogP contribution in [-0.4, -0.2) is 120 Å². The smallest absolute Gasteiger partial charge is 0.417 e. The molecule has 1 atom stereocenters. The number of likely N-dealkylation sites (tertiary alicyclic amines) is 3. The maximum absolute atomic E-state index is 13.7. The van der Waals surface area contributed by atoms with Gasteiger partial charge in [-0.15, -0.1) is 0 Å². The minimum atomic E-state index is -1.00. The average Bonchev–Trinajstić information content (AvgIpc) is 3.55. The van der Waals surface area contributed by atoms with Crippen molar-refractivity contribution >= 4 is 40.8 Å². The summed E-state index contributed by atoms with van der Waals surface area (Å²) in [6, 6.07) is 11.4. The number of aromatic nitrogens is 1. The number of urea groups is 1. The Hall–Kier alpha value is -4.85. The lowest BCUT2D eigenvalue weighted by atomic mass is 9.98. The molecule has 62 heavy (non-hydrogen) atoms. The Morgan fingerprint density at radius 2 is 1.53 bits per heavy atom. The molecule has 7 rings (SSSR count). The number of nitrogens with zero attached hydrogens (tertiary/aromatic N) is 4. The normalized spacial score (nSPS) is 18.5. The number of hydrogen-bond donors (Lipinski definition) is 2. The lowest BCUT2D eigenvalue weighted by molar-refractivity contribution is -0.144. The van der Waals surface area contributed by atoms with E-state index in [0.29, 0.717) is 75.6 Å². The summed E-state index contributed by atoms with van der Waals surface area (Å²) < 4.78 is 16.5. The number of esters is 1. The van der Waals surface area contributed by atoms with E-state index in [1.165, 1.54) is 32.1 Å². The van der Waals surface area contributed by atoms with Gasteiger partial charge in [-0.2, -0.15) is 0 Å². The SMILES string of the molecule is C.CCCCCCOC(=O)CCN1CCC(C)CC1.Cc1cc(C[C@@H](OC(=O)N2CCC(N3CCc4ccccc4NC3=O)CC2)C(=O)N2CCC(C)CC2)cc2oc(=O)[nH]c12. The predicted molar refractivity (Wildman–Crippen MR) is 242 cm³/mol. The summed E-state index contributed by atoms with van der Waals surface area (Å²) in [6.45, 7) is 15.1. The van der Waals surface area contributed by atoms with Crippen LogP contribution in [0.5, 0.6) is 0 Å². The van der Waals surface area contributed by atoms with Crippen LogP contribution in [0.3, 0.4) is 0 Å². The summed E-state index contributed by atoms with van der Waals surface area (Å²) in [7, 11) is 0. The molecule has 2 N–H and O–H groups in total. The van der Waals surface area contributed by atoms with Gasteiger partial charge in [0.15, 0.2) is 11.7 Å². The number of piperidine rings is 3. The third-order valence-corrected chi connectivity index (χ3v) is 12.9. The van der Waals surface area contributed by atoms with Crippen molar-refractivity contribution in [2.45, 2.75) is 131 Å². The molecule has 3 aromatic rings. The Labute approximate surface area is 368 Å². The van der Waals surface area contributed by atoms with Crippen LogP contribution < -0.4 is 11.1 Å². The molecule has 0 unspecified atom stereocenters. The summed E-state index contributed by atoms with van der Waals surface area (Å²) in [4.78, 5) is 73.8. The number of benzene rings is 2. The van der Waals surface area contributed by atoms with Gasteiger partial charge >= 0.3 is 23.8 Å². The fourth-order valence-electron chi connectivity index (χ4n) is 8.86. The zero-order chi connectivity index (χ0) is 43.3. The van der Waals surface area contributed by atoms with Gasteiger partial charge in [-0.05, 0) is 112 Å². The number of carbonyl (C=O) groups excluding carboxylic acids is 4. The Balaban J connectivity index is 0.000000323. The van der Waals surface area contributed by atoms with E-state index in [0.717, 1.165) is 73.6 Å². The molecule has 2 aromatic carbocycles. The summed E-state index contributed by atoms with van der Waals surface area (Å²) in [6.07, 6.45) is 10.2. The second-order valence-electron chi connectivity index (χ2n) is 17.7. The van der Waals surface area contributed by atoms with Gasteiger partial charge in [-0.3, -0.25) is 14.6 Å². The molecule has 5 heterocycles. The first kappa shape index (κ1) is 48.2. The lowest BCUT2D eigenvalue weighted by Crippen LogP contribution is -2.51. The molecule has 4 aliphatic rings. The largest absolute Gasteiger partial charge is 0.466 e. The second kappa shape index (κ2) is 23.6. The maximum Gasteiger partial charge on any atom is 0.417 e. The van der Waals surface area contributed by atoms with E-state index in [9.17, 15) is 24.0 Å². The number of hydrogen-bond acceptors (Lipinski definition) is 9. The fourth-order valence-corrected chi connectivity index (χ4v) is 8.86. The van der Waals surface area contributed by atoms with Crippen molar-refractivity contribution in [1.82, 2.24) is 24.6 Å². The van der Waals surface area contributed by atoms with Crippen molar-refractivity contribution in [3.05, 3.63) is 63.6 Å². The molecule has 0 aliphatic carbocycles. The first-order valence-electron chi connectivity index (χ1n) is 22.9. The Morgan fingerprint density at radius 1 is 0.855 bits per heavy atom. The number of rotatable bonds is 13. The number of para-hydroxylation sites is 1. The highest BCUT2D eigenvalue weighted by molar-refractivity contribution is 5.91. The summed E-state index contributed by atoms with van der Waals surface area (Å²) >= 11 is 0. The summed E-state index contributed by atoms with van der Waals surface area (Å²) in [5, 5.41) is 3.03. The first-order valence-corrected chi connectivity index (χ1v) is 22.9. The summed E-state index contributed by atoms with van der Waals surface area (Å²) in [5.41, 5.74) is 4.55. The Morgan fingerprint density at radius 3 is 2.24 bits per heavy atom. The second-order valence-corrected chi connectivity index (χ2v) is 17.7. The van der Waals surface area contributed by atoms with Gasteiger partial charge in [0.05, 0.1) is 18.5 Å². The minimum Gasteiger partial charge on any atom is -0.466 e. The van der Waals surface area contributed by atoms with E-state index in [1.807, 2.05) is 42.2 Å². The molecular weight excluding hydrogens is 789 g/mol. The van der Waals surface area contributed by atoms with Crippen molar-refractivity contribution in [2.24, 2.45) is 11.8 Å². The Bertz CT molecular complexity index is 1970. The molecule has 0 bridgehead atoms. The number of aryl methyl sites for hydroxylation is 1. The van der Waals surface area contributed by atoms with Crippen molar-refractivity contribution in [3.63, 3.8) is 0 Å². The molecule has 1 aromatic heterocycles. The highest BCUT2D eigenvalue weighted by atomic mass is 16.6. The van der Waals surface area contributed by atoms with E-state index in [1.54, 1.807) is 15.9 Å². The number of H-pyrrole nitrogens is 1. The highest BCUT2D eigenvalue weighted by Gasteiger charge is 2.35. The van der Waals surface area contributed by atoms with Gasteiger partial charge in [0.2, 0.25) is 0 Å².